The number of rotatable bonds is 2. The summed E-state index contributed by atoms with van der Waals surface area (Å²) in [6, 6.07) is 7.90. The van der Waals surface area contributed by atoms with Crippen LogP contribution in [0.25, 0.3) is 22.2 Å². The number of benzene rings is 1. The van der Waals surface area contributed by atoms with E-state index in [0.717, 1.165) is 37.1 Å². The Balaban J connectivity index is 2.12. The monoisotopic (exact) mass is 321 g/mol. The average molecular weight is 322 g/mol. The van der Waals surface area contributed by atoms with E-state index in [4.69, 9.17) is 28.3 Å². The van der Waals surface area contributed by atoms with Crippen LogP contribution >= 0.6 is 35.0 Å². The van der Waals surface area contributed by atoms with Crippen LogP contribution in [0.15, 0.2) is 40.4 Å². The first-order chi connectivity index (χ1) is 9.79. The van der Waals surface area contributed by atoms with Gasteiger partial charge < -0.3 is 0 Å². The van der Waals surface area contributed by atoms with Crippen molar-refractivity contribution in [1.82, 2.24) is 14.8 Å². The highest BCUT2D eigenvalue weighted by Gasteiger charge is 2.26. The summed E-state index contributed by atoms with van der Waals surface area (Å²) in [4.78, 5) is 5.46. The standard InChI is InChI=1S/C14H9Cl2N3S/c15-5-7-19-10-4-3-9(16)13-11(10)12(18-19)8-2-1-6-17-14(8)20-13/h1-4,6H,5,7H2. The summed E-state index contributed by atoms with van der Waals surface area (Å²) in [6.45, 7) is 0.680. The second-order valence-electron chi connectivity index (χ2n) is 4.49. The molecule has 1 aliphatic rings. The maximum absolute atomic E-state index is 6.35. The van der Waals surface area contributed by atoms with Crippen LogP contribution in [0, 0.1) is 0 Å². The second kappa shape index (κ2) is 4.65. The van der Waals surface area contributed by atoms with Gasteiger partial charge in [0.05, 0.1) is 17.1 Å². The Morgan fingerprint density at radius 1 is 1.25 bits per heavy atom. The molecule has 0 spiro atoms. The molecule has 4 rings (SSSR count). The van der Waals surface area contributed by atoms with Crippen molar-refractivity contribution >= 4 is 45.9 Å². The lowest BCUT2D eigenvalue weighted by atomic mass is 10.1. The number of nitrogens with zero attached hydrogens (tertiary/aromatic N) is 3. The predicted molar refractivity (Wildman–Crippen MR) is 82.8 cm³/mol. The molecule has 100 valence electrons. The lowest BCUT2D eigenvalue weighted by molar-refractivity contribution is 0.690. The molecule has 0 atom stereocenters. The second-order valence-corrected chi connectivity index (χ2v) is 6.27. The molecule has 0 saturated heterocycles. The molecule has 1 aromatic carbocycles. The van der Waals surface area contributed by atoms with E-state index in [9.17, 15) is 0 Å². The molecular weight excluding hydrogens is 313 g/mol. The highest BCUT2D eigenvalue weighted by atomic mass is 35.5. The molecule has 0 aliphatic carbocycles. The van der Waals surface area contributed by atoms with Crippen molar-refractivity contribution < 1.29 is 0 Å². The van der Waals surface area contributed by atoms with Gasteiger partial charge in [0.25, 0.3) is 0 Å². The Kier molecular flexibility index (Phi) is 2.91. The van der Waals surface area contributed by atoms with Crippen molar-refractivity contribution in [1.29, 1.82) is 0 Å². The number of fused-ring (bicyclic) bond motifs is 2. The van der Waals surface area contributed by atoms with E-state index in [1.165, 1.54) is 0 Å². The van der Waals surface area contributed by atoms with Gasteiger partial charge in [-0.05, 0) is 24.3 Å². The normalized spacial score (nSPS) is 12.7. The van der Waals surface area contributed by atoms with Gasteiger partial charge in [0, 0.05) is 27.9 Å². The van der Waals surface area contributed by atoms with E-state index in [2.05, 4.69) is 4.98 Å². The minimum absolute atomic E-state index is 0.529. The van der Waals surface area contributed by atoms with E-state index in [-0.39, 0.29) is 0 Å². The number of pyridine rings is 1. The van der Waals surface area contributed by atoms with E-state index < -0.39 is 0 Å². The Bertz CT molecular complexity index is 829. The number of alkyl halides is 1. The van der Waals surface area contributed by atoms with Crippen LogP contribution in [0.4, 0.5) is 0 Å². The van der Waals surface area contributed by atoms with Crippen molar-refractivity contribution in [2.45, 2.75) is 16.5 Å². The minimum atomic E-state index is 0.529. The van der Waals surface area contributed by atoms with Crippen molar-refractivity contribution in [3.63, 3.8) is 0 Å². The van der Waals surface area contributed by atoms with Crippen LogP contribution in [-0.4, -0.2) is 20.6 Å². The summed E-state index contributed by atoms with van der Waals surface area (Å²) in [5.41, 5.74) is 3.08. The van der Waals surface area contributed by atoms with Crippen LogP contribution in [0.1, 0.15) is 0 Å². The quantitative estimate of drug-likeness (QED) is 0.511. The van der Waals surface area contributed by atoms with Gasteiger partial charge in [0.2, 0.25) is 0 Å². The van der Waals surface area contributed by atoms with Gasteiger partial charge in [0.1, 0.15) is 10.7 Å². The molecule has 6 heteroatoms. The molecule has 0 radical (unpaired) electrons. The van der Waals surface area contributed by atoms with Crippen molar-refractivity contribution in [3.05, 3.63) is 35.5 Å². The first-order valence-corrected chi connectivity index (χ1v) is 7.90. The van der Waals surface area contributed by atoms with Crippen LogP contribution in [-0.2, 0) is 6.54 Å². The van der Waals surface area contributed by atoms with E-state index in [0.29, 0.717) is 12.4 Å². The molecule has 0 amide bonds. The third-order valence-electron chi connectivity index (χ3n) is 3.34. The summed E-state index contributed by atoms with van der Waals surface area (Å²) < 4.78 is 1.94. The zero-order chi connectivity index (χ0) is 13.7. The largest absolute Gasteiger partial charge is 0.263 e. The van der Waals surface area contributed by atoms with Gasteiger partial charge in [-0.3, -0.25) is 4.68 Å². The summed E-state index contributed by atoms with van der Waals surface area (Å²) in [5, 5.41) is 7.51. The van der Waals surface area contributed by atoms with E-state index >= 15 is 0 Å². The van der Waals surface area contributed by atoms with Gasteiger partial charge in [-0.1, -0.05) is 23.4 Å². The first-order valence-electron chi connectivity index (χ1n) is 6.18. The smallest absolute Gasteiger partial charge is 0.110 e. The fourth-order valence-electron chi connectivity index (χ4n) is 2.50. The zero-order valence-electron chi connectivity index (χ0n) is 10.3. The number of aromatic nitrogens is 3. The molecular formula is C14H9Cl2N3S. The summed E-state index contributed by atoms with van der Waals surface area (Å²) in [5.74, 6) is 0.529. The van der Waals surface area contributed by atoms with Crippen molar-refractivity contribution in [2.75, 3.05) is 5.88 Å². The fraction of sp³-hybridized carbons (Fsp3) is 0.143. The Labute approximate surface area is 129 Å². The van der Waals surface area contributed by atoms with Gasteiger partial charge in [-0.25, -0.2) is 4.98 Å². The average Bonchev–Trinajstić information content (AvgIpc) is 2.83. The lowest BCUT2D eigenvalue weighted by Crippen LogP contribution is -2.00. The van der Waals surface area contributed by atoms with Gasteiger partial charge in [-0.15, -0.1) is 11.6 Å². The summed E-state index contributed by atoms with van der Waals surface area (Å²) >= 11 is 13.8. The SMILES string of the molecule is ClCCn1nc2c3c(c(Cl)ccc31)Sc1ncccc1-2. The van der Waals surface area contributed by atoms with Crippen LogP contribution < -0.4 is 0 Å². The van der Waals surface area contributed by atoms with Gasteiger partial charge in [0.15, 0.2) is 0 Å². The lowest BCUT2D eigenvalue weighted by Gasteiger charge is -2.14. The van der Waals surface area contributed by atoms with E-state index in [1.54, 1.807) is 18.0 Å². The minimum Gasteiger partial charge on any atom is -0.263 e. The van der Waals surface area contributed by atoms with Gasteiger partial charge in [-0.2, -0.15) is 5.10 Å². The molecule has 1 aliphatic heterocycles. The number of aryl methyl sites for hydroxylation is 1. The molecule has 3 aromatic rings. The molecule has 3 nitrogen and oxygen atoms in total. The maximum Gasteiger partial charge on any atom is 0.110 e. The van der Waals surface area contributed by atoms with Crippen LogP contribution in [0.5, 0.6) is 0 Å². The Hall–Kier alpha value is -1.23. The third-order valence-corrected chi connectivity index (χ3v) is 5.09. The molecule has 2 aromatic heterocycles. The molecule has 20 heavy (non-hydrogen) atoms. The molecule has 0 saturated carbocycles. The molecule has 0 bridgehead atoms. The first kappa shape index (κ1) is 12.5. The Morgan fingerprint density at radius 2 is 2.15 bits per heavy atom. The zero-order valence-corrected chi connectivity index (χ0v) is 12.6. The molecule has 0 unspecified atom stereocenters. The van der Waals surface area contributed by atoms with Gasteiger partial charge >= 0.3 is 0 Å². The fourth-order valence-corrected chi connectivity index (χ4v) is 3.99. The highest BCUT2D eigenvalue weighted by Crippen LogP contribution is 2.49. The highest BCUT2D eigenvalue weighted by molar-refractivity contribution is 7.99. The molecule has 3 heterocycles. The van der Waals surface area contributed by atoms with Crippen molar-refractivity contribution in [2.24, 2.45) is 0 Å². The molecule has 0 N–H and O–H groups in total. The molecule has 0 fully saturated rings. The Morgan fingerprint density at radius 3 is 3.00 bits per heavy atom. The van der Waals surface area contributed by atoms with Crippen LogP contribution in [0.2, 0.25) is 5.02 Å². The number of hydrogen-bond donors (Lipinski definition) is 0. The number of hydrogen-bond acceptors (Lipinski definition) is 3. The third kappa shape index (κ3) is 1.68. The number of halogens is 2. The topological polar surface area (TPSA) is 30.7 Å². The van der Waals surface area contributed by atoms with Crippen LogP contribution in [0.3, 0.4) is 0 Å². The van der Waals surface area contributed by atoms with Crippen molar-refractivity contribution in [3.8, 4) is 11.3 Å². The maximum atomic E-state index is 6.35. The predicted octanol–water partition coefficient (Wildman–Crippen LogP) is 4.46. The summed E-state index contributed by atoms with van der Waals surface area (Å²) in [6.07, 6.45) is 1.79. The summed E-state index contributed by atoms with van der Waals surface area (Å²) in [7, 11) is 0. The van der Waals surface area contributed by atoms with E-state index in [1.807, 2.05) is 28.9 Å².